The van der Waals surface area contributed by atoms with E-state index in [1.165, 1.54) is 12.1 Å². The fourth-order valence-corrected chi connectivity index (χ4v) is 2.30. The lowest BCUT2D eigenvalue weighted by molar-refractivity contribution is 0.141. The van der Waals surface area contributed by atoms with Crippen LogP contribution in [-0.2, 0) is 11.2 Å². The summed E-state index contributed by atoms with van der Waals surface area (Å²) in [4.78, 5) is 0. The van der Waals surface area contributed by atoms with Crippen LogP contribution in [0.5, 0.6) is 0 Å². The quantitative estimate of drug-likeness (QED) is 0.697. The van der Waals surface area contributed by atoms with Gasteiger partial charge in [-0.1, -0.05) is 18.5 Å². The predicted octanol–water partition coefficient (Wildman–Crippen LogP) is 3.82. The fourth-order valence-electron chi connectivity index (χ4n) is 2.11. The molecule has 1 unspecified atom stereocenters. The van der Waals surface area contributed by atoms with Gasteiger partial charge in [0.25, 0.3) is 0 Å². The third-order valence-corrected chi connectivity index (χ3v) is 3.38. The average molecular weight is 288 g/mol. The number of halogens is 2. The van der Waals surface area contributed by atoms with Crippen molar-refractivity contribution in [2.45, 2.75) is 39.2 Å². The minimum absolute atomic E-state index is 0.232. The van der Waals surface area contributed by atoms with Crippen molar-refractivity contribution < 1.29 is 9.13 Å². The summed E-state index contributed by atoms with van der Waals surface area (Å²) in [7, 11) is 0. The Kier molecular flexibility index (Phi) is 8.03. The highest BCUT2D eigenvalue weighted by Crippen LogP contribution is 2.19. The van der Waals surface area contributed by atoms with E-state index in [9.17, 15) is 4.39 Å². The zero-order valence-corrected chi connectivity index (χ0v) is 12.5. The Balaban J connectivity index is 2.54. The highest BCUT2D eigenvalue weighted by Gasteiger charge is 2.11. The molecule has 0 saturated carbocycles. The van der Waals surface area contributed by atoms with Gasteiger partial charge in [-0.25, -0.2) is 4.39 Å². The first-order valence-corrected chi connectivity index (χ1v) is 7.30. The normalized spacial score (nSPS) is 12.6. The lowest BCUT2D eigenvalue weighted by atomic mass is 10.0. The van der Waals surface area contributed by atoms with Gasteiger partial charge in [-0.05, 0) is 56.5 Å². The summed E-state index contributed by atoms with van der Waals surface area (Å²) in [5, 5.41) is 4.05. The standard InChI is InChI=1S/C15H23ClFNO/c1-3-18-14(6-5-9-19-4-2)11-12-10-13(17)7-8-15(12)16/h7-8,10,14,18H,3-6,9,11H2,1-2H3. The number of hydrogen-bond donors (Lipinski definition) is 1. The lowest BCUT2D eigenvalue weighted by Gasteiger charge is -2.18. The lowest BCUT2D eigenvalue weighted by Crippen LogP contribution is -2.31. The Morgan fingerprint density at radius 1 is 1.37 bits per heavy atom. The number of benzene rings is 1. The minimum atomic E-state index is -0.232. The van der Waals surface area contributed by atoms with E-state index in [4.69, 9.17) is 16.3 Å². The molecule has 0 bridgehead atoms. The van der Waals surface area contributed by atoms with E-state index in [1.54, 1.807) is 6.07 Å². The molecule has 0 radical (unpaired) electrons. The van der Waals surface area contributed by atoms with E-state index in [2.05, 4.69) is 12.2 Å². The van der Waals surface area contributed by atoms with E-state index in [1.807, 2.05) is 6.92 Å². The number of ether oxygens (including phenoxy) is 1. The maximum absolute atomic E-state index is 13.2. The molecule has 0 amide bonds. The first-order chi connectivity index (χ1) is 9.17. The van der Waals surface area contributed by atoms with Crippen LogP contribution < -0.4 is 5.32 Å². The van der Waals surface area contributed by atoms with E-state index < -0.39 is 0 Å². The molecular formula is C15H23ClFNO. The highest BCUT2D eigenvalue weighted by atomic mass is 35.5. The molecule has 0 aliphatic rings. The zero-order chi connectivity index (χ0) is 14.1. The number of nitrogens with one attached hydrogen (secondary N) is 1. The Labute approximate surface area is 120 Å². The van der Waals surface area contributed by atoms with Crippen molar-refractivity contribution in [3.63, 3.8) is 0 Å². The van der Waals surface area contributed by atoms with Gasteiger partial charge in [0.15, 0.2) is 0 Å². The van der Waals surface area contributed by atoms with Crippen LogP contribution >= 0.6 is 11.6 Å². The van der Waals surface area contributed by atoms with Crippen LogP contribution in [0, 0.1) is 5.82 Å². The van der Waals surface area contributed by atoms with E-state index in [0.717, 1.165) is 44.6 Å². The van der Waals surface area contributed by atoms with Crippen LogP contribution in [0.1, 0.15) is 32.3 Å². The molecule has 1 rings (SSSR count). The van der Waals surface area contributed by atoms with Crippen LogP contribution in [0.4, 0.5) is 4.39 Å². The molecule has 0 aromatic heterocycles. The Morgan fingerprint density at radius 3 is 2.84 bits per heavy atom. The third-order valence-electron chi connectivity index (χ3n) is 3.01. The van der Waals surface area contributed by atoms with E-state index in [-0.39, 0.29) is 5.82 Å². The van der Waals surface area contributed by atoms with Gasteiger partial charge < -0.3 is 10.1 Å². The monoisotopic (exact) mass is 287 g/mol. The fraction of sp³-hybridized carbons (Fsp3) is 0.600. The van der Waals surface area contributed by atoms with Crippen molar-refractivity contribution in [3.8, 4) is 0 Å². The second kappa shape index (κ2) is 9.29. The van der Waals surface area contributed by atoms with Gasteiger partial charge in [0, 0.05) is 24.3 Å². The van der Waals surface area contributed by atoms with Gasteiger partial charge in [-0.15, -0.1) is 0 Å². The molecule has 108 valence electrons. The molecule has 0 fully saturated rings. The molecule has 0 saturated heterocycles. The average Bonchev–Trinajstić information content (AvgIpc) is 2.39. The molecule has 0 aliphatic carbocycles. The van der Waals surface area contributed by atoms with Crippen LogP contribution in [0.3, 0.4) is 0 Å². The Bertz CT molecular complexity index is 373. The number of rotatable bonds is 9. The number of hydrogen-bond acceptors (Lipinski definition) is 2. The maximum atomic E-state index is 13.2. The summed E-state index contributed by atoms with van der Waals surface area (Å²) in [6.45, 7) is 6.49. The second-order valence-electron chi connectivity index (χ2n) is 4.53. The zero-order valence-electron chi connectivity index (χ0n) is 11.7. The molecule has 0 heterocycles. The van der Waals surface area contributed by atoms with E-state index in [0.29, 0.717) is 11.1 Å². The molecule has 1 atom stereocenters. The van der Waals surface area contributed by atoms with E-state index >= 15 is 0 Å². The summed E-state index contributed by atoms with van der Waals surface area (Å²) < 4.78 is 18.6. The van der Waals surface area contributed by atoms with Crippen LogP contribution in [0.15, 0.2) is 18.2 Å². The van der Waals surface area contributed by atoms with Gasteiger partial charge in [0.05, 0.1) is 0 Å². The topological polar surface area (TPSA) is 21.3 Å². The van der Waals surface area contributed by atoms with Crippen molar-refractivity contribution in [2.75, 3.05) is 19.8 Å². The minimum Gasteiger partial charge on any atom is -0.382 e. The molecule has 1 aromatic carbocycles. The van der Waals surface area contributed by atoms with Crippen LogP contribution in [-0.4, -0.2) is 25.8 Å². The second-order valence-corrected chi connectivity index (χ2v) is 4.94. The largest absolute Gasteiger partial charge is 0.382 e. The summed E-state index contributed by atoms with van der Waals surface area (Å²) in [5.74, 6) is -0.232. The van der Waals surface area contributed by atoms with Crippen LogP contribution in [0.2, 0.25) is 5.02 Å². The van der Waals surface area contributed by atoms with Gasteiger partial charge in [0.2, 0.25) is 0 Å². The predicted molar refractivity (Wildman–Crippen MR) is 78.3 cm³/mol. The van der Waals surface area contributed by atoms with Gasteiger partial charge in [-0.2, -0.15) is 0 Å². The van der Waals surface area contributed by atoms with Crippen molar-refractivity contribution in [3.05, 3.63) is 34.6 Å². The molecule has 19 heavy (non-hydrogen) atoms. The van der Waals surface area contributed by atoms with Gasteiger partial charge in [0.1, 0.15) is 5.82 Å². The van der Waals surface area contributed by atoms with Gasteiger partial charge >= 0.3 is 0 Å². The Hall–Kier alpha value is -0.640. The summed E-state index contributed by atoms with van der Waals surface area (Å²) in [5.41, 5.74) is 0.865. The van der Waals surface area contributed by atoms with Gasteiger partial charge in [-0.3, -0.25) is 0 Å². The molecule has 2 nitrogen and oxygen atoms in total. The molecule has 0 aliphatic heterocycles. The molecule has 1 N–H and O–H groups in total. The summed E-state index contributed by atoms with van der Waals surface area (Å²) in [6.07, 6.45) is 2.75. The molecular weight excluding hydrogens is 265 g/mol. The Morgan fingerprint density at radius 2 is 2.16 bits per heavy atom. The summed E-state index contributed by atoms with van der Waals surface area (Å²) in [6, 6.07) is 4.85. The van der Waals surface area contributed by atoms with Crippen molar-refractivity contribution in [2.24, 2.45) is 0 Å². The highest BCUT2D eigenvalue weighted by molar-refractivity contribution is 6.31. The SMILES string of the molecule is CCNC(CCCOCC)Cc1cc(F)ccc1Cl. The third kappa shape index (κ3) is 6.37. The molecule has 4 heteroatoms. The first kappa shape index (κ1) is 16.4. The van der Waals surface area contributed by atoms with Crippen LogP contribution in [0.25, 0.3) is 0 Å². The number of likely N-dealkylation sites (N-methyl/N-ethyl adjacent to an activating group) is 1. The maximum Gasteiger partial charge on any atom is 0.123 e. The molecule has 0 spiro atoms. The van der Waals surface area contributed by atoms with Crippen molar-refractivity contribution >= 4 is 11.6 Å². The molecule has 1 aromatic rings. The van der Waals surface area contributed by atoms with Crippen molar-refractivity contribution in [1.29, 1.82) is 0 Å². The van der Waals surface area contributed by atoms with Crippen molar-refractivity contribution in [1.82, 2.24) is 5.32 Å². The smallest absolute Gasteiger partial charge is 0.123 e. The first-order valence-electron chi connectivity index (χ1n) is 6.92. The summed E-state index contributed by atoms with van der Waals surface area (Å²) >= 11 is 6.11.